The zero-order valence-corrected chi connectivity index (χ0v) is 12.8. The molecule has 2 heteroatoms. The topological polar surface area (TPSA) is 15.3 Å². The number of nitrogens with zero attached hydrogens (tertiary/aromatic N) is 1. The van der Waals surface area contributed by atoms with Crippen molar-refractivity contribution >= 4 is 0 Å². The predicted octanol–water partition coefficient (Wildman–Crippen LogP) is 3.27. The first-order chi connectivity index (χ1) is 8.61. The first kappa shape index (κ1) is 14.3. The third-order valence-electron chi connectivity index (χ3n) is 5.15. The predicted molar refractivity (Wildman–Crippen MR) is 78.8 cm³/mol. The highest BCUT2D eigenvalue weighted by Crippen LogP contribution is 2.33. The lowest BCUT2D eigenvalue weighted by Crippen LogP contribution is -2.60. The van der Waals surface area contributed by atoms with Crippen molar-refractivity contribution in [1.29, 1.82) is 0 Å². The van der Waals surface area contributed by atoms with Gasteiger partial charge in [0.25, 0.3) is 0 Å². The molecule has 2 rings (SSSR count). The summed E-state index contributed by atoms with van der Waals surface area (Å²) in [6.45, 7) is 12.1. The van der Waals surface area contributed by atoms with Gasteiger partial charge in [0.1, 0.15) is 0 Å². The summed E-state index contributed by atoms with van der Waals surface area (Å²) in [5.74, 6) is 1.83. The molecule has 1 N–H and O–H groups in total. The van der Waals surface area contributed by atoms with Crippen molar-refractivity contribution < 1.29 is 0 Å². The Morgan fingerprint density at radius 2 is 1.94 bits per heavy atom. The summed E-state index contributed by atoms with van der Waals surface area (Å²) in [6.07, 6.45) is 6.92. The minimum Gasteiger partial charge on any atom is -0.311 e. The van der Waals surface area contributed by atoms with E-state index in [1.165, 1.54) is 45.2 Å². The van der Waals surface area contributed by atoms with Crippen LogP contribution in [0.15, 0.2) is 0 Å². The van der Waals surface area contributed by atoms with E-state index in [-0.39, 0.29) is 0 Å². The Morgan fingerprint density at radius 1 is 1.17 bits per heavy atom. The summed E-state index contributed by atoms with van der Waals surface area (Å²) >= 11 is 0. The Labute approximate surface area is 114 Å². The Kier molecular flexibility index (Phi) is 5.08. The van der Waals surface area contributed by atoms with Gasteiger partial charge in [0, 0.05) is 31.2 Å². The molecule has 0 aromatic heterocycles. The third-order valence-corrected chi connectivity index (χ3v) is 5.15. The summed E-state index contributed by atoms with van der Waals surface area (Å²) in [5, 5.41) is 3.72. The van der Waals surface area contributed by atoms with Crippen molar-refractivity contribution in [3.63, 3.8) is 0 Å². The molecule has 2 aliphatic rings. The molecule has 1 heterocycles. The minimum absolute atomic E-state index is 0.721. The SMILES string of the molecule is CCCC1CN(C2CCC(C)CC2C)C(C)CN1. The summed E-state index contributed by atoms with van der Waals surface area (Å²) in [4.78, 5) is 2.83. The molecular formula is C16H32N2. The molecule has 1 aliphatic carbocycles. The third kappa shape index (κ3) is 3.27. The quantitative estimate of drug-likeness (QED) is 0.829. The van der Waals surface area contributed by atoms with E-state index < -0.39 is 0 Å². The Balaban J connectivity index is 1.96. The molecule has 0 spiro atoms. The second-order valence-electron chi connectivity index (χ2n) is 6.90. The van der Waals surface area contributed by atoms with Crippen LogP contribution in [0.5, 0.6) is 0 Å². The monoisotopic (exact) mass is 252 g/mol. The largest absolute Gasteiger partial charge is 0.311 e. The van der Waals surface area contributed by atoms with Crippen LogP contribution in [0.2, 0.25) is 0 Å². The van der Waals surface area contributed by atoms with Gasteiger partial charge in [-0.05, 0) is 44.4 Å². The number of hydrogen-bond acceptors (Lipinski definition) is 2. The Morgan fingerprint density at radius 3 is 2.61 bits per heavy atom. The molecule has 0 amide bonds. The fraction of sp³-hybridized carbons (Fsp3) is 1.00. The summed E-state index contributed by atoms with van der Waals surface area (Å²) in [7, 11) is 0. The lowest BCUT2D eigenvalue weighted by atomic mass is 9.78. The molecule has 0 radical (unpaired) electrons. The normalized spacial score (nSPS) is 43.0. The fourth-order valence-electron chi connectivity index (χ4n) is 4.10. The van der Waals surface area contributed by atoms with E-state index in [0.717, 1.165) is 30.0 Å². The van der Waals surface area contributed by atoms with E-state index >= 15 is 0 Å². The second-order valence-corrected chi connectivity index (χ2v) is 6.90. The van der Waals surface area contributed by atoms with Crippen molar-refractivity contribution in [2.24, 2.45) is 11.8 Å². The molecule has 0 bridgehead atoms. The van der Waals surface area contributed by atoms with Gasteiger partial charge in [-0.1, -0.05) is 27.2 Å². The zero-order chi connectivity index (χ0) is 13.1. The summed E-state index contributed by atoms with van der Waals surface area (Å²) < 4.78 is 0. The second kappa shape index (κ2) is 6.38. The van der Waals surface area contributed by atoms with Crippen molar-refractivity contribution in [3.05, 3.63) is 0 Å². The number of nitrogens with one attached hydrogen (secondary N) is 1. The highest BCUT2D eigenvalue weighted by atomic mass is 15.3. The van der Waals surface area contributed by atoms with Crippen LogP contribution in [0.3, 0.4) is 0 Å². The molecule has 2 fully saturated rings. The molecule has 5 unspecified atom stereocenters. The van der Waals surface area contributed by atoms with Crippen LogP contribution in [-0.4, -0.2) is 36.1 Å². The lowest BCUT2D eigenvalue weighted by molar-refractivity contribution is 0.0310. The molecule has 1 aliphatic heterocycles. The molecule has 0 aromatic rings. The number of piperazine rings is 1. The molecule has 1 saturated heterocycles. The molecule has 5 atom stereocenters. The van der Waals surface area contributed by atoms with Crippen LogP contribution in [0.4, 0.5) is 0 Å². The summed E-state index contributed by atoms with van der Waals surface area (Å²) in [5.41, 5.74) is 0. The van der Waals surface area contributed by atoms with E-state index in [4.69, 9.17) is 0 Å². The van der Waals surface area contributed by atoms with Crippen molar-refractivity contribution in [2.45, 2.75) is 77.9 Å². The first-order valence-electron chi connectivity index (χ1n) is 8.11. The molecule has 0 aromatic carbocycles. The standard InChI is InChI=1S/C16H32N2/c1-5-6-15-11-18(14(4)10-17-15)16-8-7-12(2)9-13(16)3/h12-17H,5-11H2,1-4H3. The molecular weight excluding hydrogens is 220 g/mol. The average Bonchev–Trinajstić information content (AvgIpc) is 2.33. The minimum atomic E-state index is 0.721. The molecule has 2 nitrogen and oxygen atoms in total. The van der Waals surface area contributed by atoms with E-state index in [1.807, 2.05) is 0 Å². The van der Waals surface area contributed by atoms with Crippen LogP contribution >= 0.6 is 0 Å². The van der Waals surface area contributed by atoms with Gasteiger partial charge in [0.15, 0.2) is 0 Å². The van der Waals surface area contributed by atoms with Crippen LogP contribution in [0.25, 0.3) is 0 Å². The van der Waals surface area contributed by atoms with Gasteiger partial charge < -0.3 is 5.32 Å². The first-order valence-corrected chi connectivity index (χ1v) is 8.11. The zero-order valence-electron chi connectivity index (χ0n) is 12.8. The molecule has 18 heavy (non-hydrogen) atoms. The smallest absolute Gasteiger partial charge is 0.0196 e. The van der Waals surface area contributed by atoms with E-state index in [0.29, 0.717) is 0 Å². The van der Waals surface area contributed by atoms with Crippen molar-refractivity contribution in [1.82, 2.24) is 10.2 Å². The van der Waals surface area contributed by atoms with Gasteiger partial charge in [-0.25, -0.2) is 0 Å². The van der Waals surface area contributed by atoms with Gasteiger partial charge in [0.05, 0.1) is 0 Å². The Bertz CT molecular complexity index is 253. The van der Waals surface area contributed by atoms with Crippen molar-refractivity contribution in [3.8, 4) is 0 Å². The average molecular weight is 252 g/mol. The molecule has 1 saturated carbocycles. The Hall–Kier alpha value is -0.0800. The summed E-state index contributed by atoms with van der Waals surface area (Å²) in [6, 6.07) is 2.30. The number of hydrogen-bond donors (Lipinski definition) is 1. The van der Waals surface area contributed by atoms with Gasteiger partial charge in [0.2, 0.25) is 0 Å². The van der Waals surface area contributed by atoms with E-state index in [9.17, 15) is 0 Å². The van der Waals surface area contributed by atoms with Crippen LogP contribution < -0.4 is 5.32 Å². The van der Waals surface area contributed by atoms with Crippen LogP contribution in [-0.2, 0) is 0 Å². The maximum atomic E-state index is 3.72. The van der Waals surface area contributed by atoms with Crippen molar-refractivity contribution in [2.75, 3.05) is 13.1 Å². The van der Waals surface area contributed by atoms with Crippen LogP contribution in [0, 0.1) is 11.8 Å². The van der Waals surface area contributed by atoms with Gasteiger partial charge >= 0.3 is 0 Å². The highest BCUT2D eigenvalue weighted by Gasteiger charge is 2.35. The maximum Gasteiger partial charge on any atom is 0.0196 e. The van der Waals surface area contributed by atoms with Crippen LogP contribution in [0.1, 0.15) is 59.8 Å². The highest BCUT2D eigenvalue weighted by molar-refractivity contribution is 4.91. The lowest BCUT2D eigenvalue weighted by Gasteiger charge is -2.48. The number of rotatable bonds is 3. The van der Waals surface area contributed by atoms with Gasteiger partial charge in [-0.15, -0.1) is 0 Å². The van der Waals surface area contributed by atoms with Gasteiger partial charge in [-0.2, -0.15) is 0 Å². The molecule has 106 valence electrons. The maximum absolute atomic E-state index is 3.72. The van der Waals surface area contributed by atoms with E-state index in [1.54, 1.807) is 0 Å². The van der Waals surface area contributed by atoms with E-state index in [2.05, 4.69) is 37.9 Å². The van der Waals surface area contributed by atoms with Gasteiger partial charge in [-0.3, -0.25) is 4.90 Å². The fourth-order valence-corrected chi connectivity index (χ4v) is 4.10.